The van der Waals surface area contributed by atoms with Crippen LogP contribution in [0.5, 0.6) is 0 Å². The van der Waals surface area contributed by atoms with E-state index in [4.69, 9.17) is 0 Å². The molecule has 0 spiro atoms. The lowest BCUT2D eigenvalue weighted by molar-refractivity contribution is 0.346. The molecule has 1 heterocycles. The summed E-state index contributed by atoms with van der Waals surface area (Å²) in [6.07, 6.45) is 4.63. The van der Waals surface area contributed by atoms with Gasteiger partial charge in [0.15, 0.2) is 4.90 Å². The minimum atomic E-state index is -0.986. The molecule has 1 atom stereocenters. The summed E-state index contributed by atoms with van der Waals surface area (Å²) in [6.45, 7) is 1.94. The zero-order chi connectivity index (χ0) is 15.4. The first-order chi connectivity index (χ1) is 11.3. The van der Waals surface area contributed by atoms with E-state index in [-0.39, 0.29) is 0 Å². The van der Waals surface area contributed by atoms with Gasteiger partial charge in [-0.15, -0.1) is 4.31 Å². The van der Waals surface area contributed by atoms with Crippen molar-refractivity contribution in [3.05, 3.63) is 53.6 Å². The largest absolute Gasteiger partial charge is 0.593 e. The Bertz CT molecular complexity index is 914. The van der Waals surface area contributed by atoms with Crippen molar-refractivity contribution < 1.29 is 4.55 Å². The van der Waals surface area contributed by atoms with Gasteiger partial charge in [-0.2, -0.15) is 0 Å². The summed E-state index contributed by atoms with van der Waals surface area (Å²) in [5, 5.41) is 5.13. The molecule has 3 aromatic rings. The maximum atomic E-state index is 13.0. The van der Waals surface area contributed by atoms with E-state index in [0.717, 1.165) is 24.4 Å². The topological polar surface area (TPSA) is 26.3 Å². The van der Waals surface area contributed by atoms with Crippen LogP contribution in [0.1, 0.15) is 30.4 Å². The van der Waals surface area contributed by atoms with Gasteiger partial charge in [-0.25, -0.2) is 0 Å². The maximum Gasteiger partial charge on any atom is 0.178 e. The van der Waals surface area contributed by atoms with Crippen LogP contribution in [0.15, 0.2) is 47.4 Å². The van der Waals surface area contributed by atoms with Gasteiger partial charge in [0.1, 0.15) is 0 Å². The molecular formula is C20H19NOS. The molecule has 1 fully saturated rings. The summed E-state index contributed by atoms with van der Waals surface area (Å²) < 4.78 is 15.2. The fourth-order valence-corrected chi connectivity index (χ4v) is 5.32. The summed E-state index contributed by atoms with van der Waals surface area (Å²) in [7, 11) is 0. The minimum absolute atomic E-state index is 0.969. The van der Waals surface area contributed by atoms with E-state index in [2.05, 4.69) is 46.8 Å². The molecule has 0 N–H and O–H groups in total. The Morgan fingerprint density at radius 3 is 2.35 bits per heavy atom. The van der Waals surface area contributed by atoms with Crippen molar-refractivity contribution in [1.29, 1.82) is 0 Å². The zero-order valence-electron chi connectivity index (χ0n) is 13.0. The van der Waals surface area contributed by atoms with E-state index in [0.29, 0.717) is 0 Å². The van der Waals surface area contributed by atoms with Crippen LogP contribution in [0, 0.1) is 0 Å². The number of benzene rings is 3. The fraction of sp³-hybridized carbons (Fsp3) is 0.300. The van der Waals surface area contributed by atoms with Crippen molar-refractivity contribution in [3.63, 3.8) is 0 Å². The van der Waals surface area contributed by atoms with Crippen molar-refractivity contribution in [1.82, 2.24) is 4.31 Å². The molecule has 0 aromatic heterocycles. The van der Waals surface area contributed by atoms with Gasteiger partial charge in [-0.1, -0.05) is 30.7 Å². The van der Waals surface area contributed by atoms with E-state index < -0.39 is 11.4 Å². The number of hydrogen-bond donors (Lipinski definition) is 0. The smallest absolute Gasteiger partial charge is 0.178 e. The predicted octanol–water partition coefficient (Wildman–Crippen LogP) is 4.41. The van der Waals surface area contributed by atoms with E-state index in [9.17, 15) is 4.55 Å². The van der Waals surface area contributed by atoms with Gasteiger partial charge in [-0.05, 0) is 52.1 Å². The molecular weight excluding hydrogens is 302 g/mol. The van der Waals surface area contributed by atoms with E-state index in [1.807, 2.05) is 0 Å². The molecule has 5 rings (SSSR count). The Kier molecular flexibility index (Phi) is 3.15. The van der Waals surface area contributed by atoms with Crippen LogP contribution in [0.2, 0.25) is 0 Å². The Morgan fingerprint density at radius 1 is 0.826 bits per heavy atom. The second kappa shape index (κ2) is 5.23. The van der Waals surface area contributed by atoms with Crippen LogP contribution >= 0.6 is 0 Å². The fourth-order valence-electron chi connectivity index (χ4n) is 3.82. The maximum absolute atomic E-state index is 13.0. The first kappa shape index (κ1) is 13.8. The van der Waals surface area contributed by atoms with Crippen LogP contribution in [-0.4, -0.2) is 21.9 Å². The van der Waals surface area contributed by atoms with Gasteiger partial charge in [-0.3, -0.25) is 0 Å². The summed E-state index contributed by atoms with van der Waals surface area (Å²) >= 11 is -0.986. The number of nitrogens with zero attached hydrogens (tertiary/aromatic N) is 1. The highest BCUT2D eigenvalue weighted by molar-refractivity contribution is 7.89. The number of hydrogen-bond acceptors (Lipinski definition) is 2. The molecule has 0 amide bonds. The van der Waals surface area contributed by atoms with Crippen LogP contribution < -0.4 is 0 Å². The highest BCUT2D eigenvalue weighted by Crippen LogP contribution is 2.43. The van der Waals surface area contributed by atoms with Crippen LogP contribution in [0.4, 0.5) is 0 Å². The van der Waals surface area contributed by atoms with Gasteiger partial charge in [0.25, 0.3) is 0 Å². The monoisotopic (exact) mass is 321 g/mol. The molecule has 2 aliphatic rings. The van der Waals surface area contributed by atoms with Gasteiger partial charge in [0.2, 0.25) is 0 Å². The molecule has 23 heavy (non-hydrogen) atoms. The zero-order valence-corrected chi connectivity index (χ0v) is 13.9. The van der Waals surface area contributed by atoms with E-state index in [1.165, 1.54) is 51.9 Å². The molecule has 1 saturated heterocycles. The number of fused-ring (bicyclic) bond motifs is 4. The average Bonchev–Trinajstić information content (AvgIpc) is 3.40. The average molecular weight is 321 g/mol. The molecule has 2 nitrogen and oxygen atoms in total. The van der Waals surface area contributed by atoms with Gasteiger partial charge >= 0.3 is 0 Å². The quantitative estimate of drug-likeness (QED) is 0.404. The Labute approximate surface area is 139 Å². The third-order valence-electron chi connectivity index (χ3n) is 5.16. The normalized spacial score (nSPS) is 19.0. The van der Waals surface area contributed by atoms with Gasteiger partial charge in [0, 0.05) is 31.1 Å². The van der Waals surface area contributed by atoms with Crippen molar-refractivity contribution in [2.75, 3.05) is 13.1 Å². The van der Waals surface area contributed by atoms with Gasteiger partial charge in [0.05, 0.1) is 11.4 Å². The lowest BCUT2D eigenvalue weighted by atomic mass is 10.0. The molecule has 0 saturated carbocycles. The second-order valence-corrected chi connectivity index (χ2v) is 8.12. The van der Waals surface area contributed by atoms with Crippen LogP contribution in [-0.2, 0) is 17.8 Å². The molecule has 1 aliphatic carbocycles. The first-order valence-electron chi connectivity index (χ1n) is 8.45. The van der Waals surface area contributed by atoms with Gasteiger partial charge < -0.3 is 4.55 Å². The van der Waals surface area contributed by atoms with E-state index >= 15 is 0 Å². The molecule has 1 unspecified atom stereocenters. The second-order valence-electron chi connectivity index (χ2n) is 6.67. The lowest BCUT2D eigenvalue weighted by Gasteiger charge is -2.27. The Morgan fingerprint density at radius 2 is 1.57 bits per heavy atom. The Hall–Kier alpha value is -1.55. The van der Waals surface area contributed by atoms with Crippen molar-refractivity contribution in [2.24, 2.45) is 0 Å². The van der Waals surface area contributed by atoms with Crippen molar-refractivity contribution >= 4 is 32.9 Å². The molecule has 0 bridgehead atoms. The first-order valence-corrected chi connectivity index (χ1v) is 9.56. The summed E-state index contributed by atoms with van der Waals surface area (Å²) in [5.41, 5.74) is 2.74. The molecule has 3 heteroatoms. The SMILES string of the molecule is [O-][S+](c1cc2cc3ccccc3cc2c2c1C2)N1CCCCC1. The highest BCUT2D eigenvalue weighted by Gasteiger charge is 2.34. The molecule has 0 radical (unpaired) electrons. The predicted molar refractivity (Wildman–Crippen MR) is 96.1 cm³/mol. The molecule has 3 aromatic carbocycles. The van der Waals surface area contributed by atoms with Crippen LogP contribution in [0.25, 0.3) is 21.5 Å². The number of rotatable bonds is 2. The van der Waals surface area contributed by atoms with E-state index in [1.54, 1.807) is 0 Å². The Balaban J connectivity index is 1.63. The standard InChI is InChI=1S/C20H19NOS/c22-23(21-8-4-1-5-9-21)20-12-16-10-14-6-2-3-7-15(14)11-17(16)18-13-19(18)20/h2-3,6-7,10-12H,1,4-5,8-9,13H2. The number of piperidine rings is 1. The third-order valence-corrected chi connectivity index (χ3v) is 6.73. The molecule has 1 aliphatic heterocycles. The van der Waals surface area contributed by atoms with Crippen molar-refractivity contribution in [2.45, 2.75) is 30.6 Å². The summed E-state index contributed by atoms with van der Waals surface area (Å²) in [6, 6.07) is 15.2. The summed E-state index contributed by atoms with van der Waals surface area (Å²) in [4.78, 5) is 1.06. The van der Waals surface area contributed by atoms with Crippen LogP contribution in [0.3, 0.4) is 0 Å². The lowest BCUT2D eigenvalue weighted by Crippen LogP contribution is -2.35. The molecule has 116 valence electrons. The summed E-state index contributed by atoms with van der Waals surface area (Å²) in [5.74, 6) is 0. The van der Waals surface area contributed by atoms with Crippen molar-refractivity contribution in [3.8, 4) is 0 Å². The highest BCUT2D eigenvalue weighted by atomic mass is 32.2. The minimum Gasteiger partial charge on any atom is -0.593 e. The third kappa shape index (κ3) is 2.26.